The van der Waals surface area contributed by atoms with Crippen LogP contribution in [0.15, 0.2) is 24.3 Å². The number of nitrogens with zero attached hydrogens (tertiary/aromatic N) is 2. The van der Waals surface area contributed by atoms with Crippen molar-refractivity contribution in [3.63, 3.8) is 0 Å². The minimum absolute atomic E-state index is 0.0211. The Labute approximate surface area is 99.4 Å². The Morgan fingerprint density at radius 2 is 2.00 bits per heavy atom. The van der Waals surface area contributed by atoms with E-state index in [1.807, 2.05) is 6.92 Å². The van der Waals surface area contributed by atoms with Gasteiger partial charge < -0.3 is 15.6 Å². The van der Waals surface area contributed by atoms with E-state index < -0.39 is 0 Å². The summed E-state index contributed by atoms with van der Waals surface area (Å²) >= 11 is 0. The minimum atomic E-state index is 0.0211. The molecule has 0 aliphatic carbocycles. The summed E-state index contributed by atoms with van der Waals surface area (Å²) in [7, 11) is 1.78. The predicted molar refractivity (Wildman–Crippen MR) is 64.8 cm³/mol. The van der Waals surface area contributed by atoms with Crippen LogP contribution in [0, 0.1) is 6.92 Å². The zero-order chi connectivity index (χ0) is 12.4. The first-order chi connectivity index (χ1) is 8.11. The van der Waals surface area contributed by atoms with E-state index in [1.165, 1.54) is 0 Å². The van der Waals surface area contributed by atoms with Gasteiger partial charge in [0.2, 0.25) is 5.88 Å². The van der Waals surface area contributed by atoms with Gasteiger partial charge in [-0.15, -0.1) is 0 Å². The highest BCUT2D eigenvalue weighted by Gasteiger charge is 2.11. The number of nitrogen functional groups attached to an aromatic ring is 1. The largest absolute Gasteiger partial charge is 0.437 e. The Morgan fingerprint density at radius 1 is 1.35 bits per heavy atom. The molecule has 3 N–H and O–H groups in total. The molecular weight excluding hydrogens is 218 g/mol. The summed E-state index contributed by atoms with van der Waals surface area (Å²) < 4.78 is 7.26. The highest BCUT2D eigenvalue weighted by Crippen LogP contribution is 2.29. The molecule has 0 bridgehead atoms. The maximum Gasteiger partial charge on any atom is 0.241 e. The molecule has 1 aromatic heterocycles. The lowest BCUT2D eigenvalue weighted by molar-refractivity contribution is 0.281. The lowest BCUT2D eigenvalue weighted by Crippen LogP contribution is -1.97. The Hall–Kier alpha value is -2.01. The van der Waals surface area contributed by atoms with Crippen LogP contribution in [0.5, 0.6) is 11.6 Å². The number of rotatable bonds is 3. The summed E-state index contributed by atoms with van der Waals surface area (Å²) in [5.74, 6) is 1.19. The standard InChI is InChI=1S/C12H15N3O2/c1-8-11(13)12(15(2)14-8)17-10-5-3-9(7-16)4-6-10/h3-6,16H,7,13H2,1-2H3. The van der Waals surface area contributed by atoms with Crippen molar-refractivity contribution in [1.29, 1.82) is 0 Å². The fraction of sp³-hybridized carbons (Fsp3) is 0.250. The zero-order valence-corrected chi connectivity index (χ0v) is 9.84. The van der Waals surface area contributed by atoms with Crippen LogP contribution in [0.1, 0.15) is 11.3 Å². The maximum atomic E-state index is 8.93. The summed E-state index contributed by atoms with van der Waals surface area (Å²) in [6, 6.07) is 7.17. The molecule has 0 saturated heterocycles. The van der Waals surface area contributed by atoms with E-state index in [-0.39, 0.29) is 6.61 Å². The number of ether oxygens (including phenoxy) is 1. The van der Waals surface area contributed by atoms with Crippen LogP contribution in [-0.4, -0.2) is 14.9 Å². The molecule has 0 aliphatic rings. The second kappa shape index (κ2) is 4.47. The molecule has 1 heterocycles. The third kappa shape index (κ3) is 2.24. The van der Waals surface area contributed by atoms with E-state index in [1.54, 1.807) is 36.0 Å². The summed E-state index contributed by atoms with van der Waals surface area (Å²) in [5.41, 5.74) is 7.98. The van der Waals surface area contributed by atoms with Gasteiger partial charge in [-0.2, -0.15) is 5.10 Å². The average molecular weight is 233 g/mol. The first kappa shape index (κ1) is 11.5. The fourth-order valence-electron chi connectivity index (χ4n) is 1.55. The Balaban J connectivity index is 2.25. The third-order valence-corrected chi connectivity index (χ3v) is 2.53. The van der Waals surface area contributed by atoms with Gasteiger partial charge in [-0.3, -0.25) is 0 Å². The number of aliphatic hydroxyl groups is 1. The maximum absolute atomic E-state index is 8.93. The number of aromatic nitrogens is 2. The van der Waals surface area contributed by atoms with E-state index in [0.717, 1.165) is 11.3 Å². The Morgan fingerprint density at radius 3 is 2.47 bits per heavy atom. The number of nitrogens with two attached hydrogens (primary N) is 1. The molecule has 5 nitrogen and oxygen atoms in total. The molecule has 0 atom stereocenters. The SMILES string of the molecule is Cc1nn(C)c(Oc2ccc(CO)cc2)c1N. The molecule has 0 amide bonds. The first-order valence-electron chi connectivity index (χ1n) is 5.28. The monoisotopic (exact) mass is 233 g/mol. The Kier molecular flexibility index (Phi) is 3.01. The third-order valence-electron chi connectivity index (χ3n) is 2.53. The van der Waals surface area contributed by atoms with Crippen LogP contribution in [0.25, 0.3) is 0 Å². The van der Waals surface area contributed by atoms with Crippen molar-refractivity contribution in [2.75, 3.05) is 5.73 Å². The molecule has 0 unspecified atom stereocenters. The van der Waals surface area contributed by atoms with Gasteiger partial charge in [0, 0.05) is 7.05 Å². The van der Waals surface area contributed by atoms with Crippen molar-refractivity contribution in [2.45, 2.75) is 13.5 Å². The smallest absolute Gasteiger partial charge is 0.241 e. The quantitative estimate of drug-likeness (QED) is 0.844. The van der Waals surface area contributed by atoms with Crippen LogP contribution in [0.3, 0.4) is 0 Å². The van der Waals surface area contributed by atoms with E-state index >= 15 is 0 Å². The topological polar surface area (TPSA) is 73.3 Å². The normalized spacial score (nSPS) is 10.5. The van der Waals surface area contributed by atoms with Gasteiger partial charge in [0.25, 0.3) is 0 Å². The number of benzene rings is 1. The second-order valence-corrected chi connectivity index (χ2v) is 3.83. The fourth-order valence-corrected chi connectivity index (χ4v) is 1.55. The van der Waals surface area contributed by atoms with Crippen molar-refractivity contribution in [1.82, 2.24) is 9.78 Å². The van der Waals surface area contributed by atoms with Crippen molar-refractivity contribution in [3.05, 3.63) is 35.5 Å². The molecule has 1 aromatic carbocycles. The van der Waals surface area contributed by atoms with Crippen LogP contribution < -0.4 is 10.5 Å². The van der Waals surface area contributed by atoms with Crippen molar-refractivity contribution < 1.29 is 9.84 Å². The number of hydrogen-bond donors (Lipinski definition) is 2. The van der Waals surface area contributed by atoms with E-state index in [4.69, 9.17) is 15.6 Å². The molecule has 0 aliphatic heterocycles. The van der Waals surface area contributed by atoms with Gasteiger partial charge in [0.1, 0.15) is 11.4 Å². The summed E-state index contributed by atoms with van der Waals surface area (Å²) in [6.07, 6.45) is 0. The van der Waals surface area contributed by atoms with Gasteiger partial charge in [0.05, 0.1) is 12.3 Å². The molecule has 90 valence electrons. The molecule has 2 aromatic rings. The first-order valence-corrected chi connectivity index (χ1v) is 5.28. The molecule has 0 spiro atoms. The predicted octanol–water partition coefficient (Wildman–Crippen LogP) is 1.60. The van der Waals surface area contributed by atoms with Gasteiger partial charge in [-0.05, 0) is 24.6 Å². The molecule has 0 radical (unpaired) electrons. The number of hydrogen-bond acceptors (Lipinski definition) is 4. The average Bonchev–Trinajstić information content (AvgIpc) is 2.57. The molecule has 17 heavy (non-hydrogen) atoms. The second-order valence-electron chi connectivity index (χ2n) is 3.83. The van der Waals surface area contributed by atoms with Gasteiger partial charge in [-0.1, -0.05) is 12.1 Å². The number of anilines is 1. The van der Waals surface area contributed by atoms with Crippen LogP contribution in [0.4, 0.5) is 5.69 Å². The molecular formula is C12H15N3O2. The molecule has 0 fully saturated rings. The summed E-state index contributed by atoms with van der Waals surface area (Å²) in [6.45, 7) is 1.85. The summed E-state index contributed by atoms with van der Waals surface area (Å²) in [5, 5.41) is 13.1. The van der Waals surface area contributed by atoms with Crippen LogP contribution >= 0.6 is 0 Å². The van der Waals surface area contributed by atoms with Gasteiger partial charge in [0.15, 0.2) is 0 Å². The number of aliphatic hydroxyl groups excluding tert-OH is 1. The molecule has 5 heteroatoms. The minimum Gasteiger partial charge on any atom is -0.437 e. The highest BCUT2D eigenvalue weighted by molar-refractivity contribution is 5.53. The van der Waals surface area contributed by atoms with Crippen molar-refractivity contribution in [3.8, 4) is 11.6 Å². The van der Waals surface area contributed by atoms with Crippen LogP contribution in [0.2, 0.25) is 0 Å². The Bertz CT molecular complexity index is 517. The highest BCUT2D eigenvalue weighted by atomic mass is 16.5. The lowest BCUT2D eigenvalue weighted by Gasteiger charge is -2.07. The lowest BCUT2D eigenvalue weighted by atomic mass is 10.2. The molecule has 2 rings (SSSR count). The van der Waals surface area contributed by atoms with E-state index in [2.05, 4.69) is 5.10 Å². The van der Waals surface area contributed by atoms with E-state index in [0.29, 0.717) is 17.3 Å². The van der Waals surface area contributed by atoms with Gasteiger partial charge in [-0.25, -0.2) is 4.68 Å². The summed E-state index contributed by atoms with van der Waals surface area (Å²) in [4.78, 5) is 0. The van der Waals surface area contributed by atoms with Gasteiger partial charge >= 0.3 is 0 Å². The van der Waals surface area contributed by atoms with Crippen molar-refractivity contribution >= 4 is 5.69 Å². The van der Waals surface area contributed by atoms with Crippen molar-refractivity contribution in [2.24, 2.45) is 7.05 Å². The molecule has 0 saturated carbocycles. The zero-order valence-electron chi connectivity index (χ0n) is 9.84. The number of aryl methyl sites for hydroxylation is 2. The van der Waals surface area contributed by atoms with E-state index in [9.17, 15) is 0 Å². The van der Waals surface area contributed by atoms with Crippen LogP contribution in [-0.2, 0) is 13.7 Å².